The molecule has 1 amide bonds. The second-order valence-corrected chi connectivity index (χ2v) is 12.0. The molecule has 2 aliphatic heterocycles. The molecule has 0 saturated carbocycles. The molecule has 12 heteroatoms. The van der Waals surface area contributed by atoms with E-state index in [9.17, 15) is 4.79 Å². The van der Waals surface area contributed by atoms with Gasteiger partial charge in [-0.1, -0.05) is 53.0 Å². The van der Waals surface area contributed by atoms with Crippen molar-refractivity contribution in [1.82, 2.24) is 14.5 Å². The van der Waals surface area contributed by atoms with Crippen molar-refractivity contribution in [2.75, 3.05) is 56.2 Å². The highest BCUT2D eigenvalue weighted by Crippen LogP contribution is 2.40. The van der Waals surface area contributed by atoms with Crippen molar-refractivity contribution in [2.45, 2.75) is 18.4 Å². The van der Waals surface area contributed by atoms with E-state index >= 15 is 0 Å². The fraction of sp³-hybridized carbons (Fsp3) is 0.312. The van der Waals surface area contributed by atoms with Crippen molar-refractivity contribution in [3.63, 3.8) is 0 Å². The van der Waals surface area contributed by atoms with Crippen molar-refractivity contribution in [3.8, 4) is 5.75 Å². The number of hydrogen-bond donors (Lipinski definition) is 1. The fourth-order valence-corrected chi connectivity index (χ4v) is 6.17. The number of benzene rings is 3. The third-order valence-corrected chi connectivity index (χ3v) is 8.55. The molecule has 3 heterocycles. The zero-order valence-electron chi connectivity index (χ0n) is 23.9. The number of aromatic nitrogens is 2. The van der Waals surface area contributed by atoms with Gasteiger partial charge in [-0.25, -0.2) is 4.98 Å². The summed E-state index contributed by atoms with van der Waals surface area (Å²) in [5.41, 5.74) is 2.44. The largest absolute Gasteiger partial charge is 0.491 e. The molecule has 6 rings (SSSR count). The maximum Gasteiger partial charge on any atom is 0.238 e. The quantitative estimate of drug-likeness (QED) is 0.226. The topological polar surface area (TPSA) is 81.1 Å². The van der Waals surface area contributed by atoms with Crippen LogP contribution in [0.3, 0.4) is 0 Å². The van der Waals surface area contributed by atoms with E-state index in [2.05, 4.69) is 32.2 Å². The number of anilines is 2. The van der Waals surface area contributed by atoms with Crippen LogP contribution >= 0.6 is 34.8 Å². The predicted octanol–water partition coefficient (Wildman–Crippen LogP) is 5.95. The number of amides is 1. The van der Waals surface area contributed by atoms with Crippen LogP contribution in [0.2, 0.25) is 15.1 Å². The molecule has 4 aromatic rings. The van der Waals surface area contributed by atoms with Gasteiger partial charge in [0, 0.05) is 54.8 Å². The van der Waals surface area contributed by atoms with Crippen LogP contribution in [-0.2, 0) is 26.6 Å². The van der Waals surface area contributed by atoms with Crippen LogP contribution in [0.4, 0.5) is 11.4 Å². The molecule has 0 radical (unpaired) electrons. The Kier molecular flexibility index (Phi) is 9.61. The van der Waals surface area contributed by atoms with Crippen LogP contribution in [0.25, 0.3) is 0 Å². The Balaban J connectivity index is 0.998. The van der Waals surface area contributed by atoms with Gasteiger partial charge in [0.1, 0.15) is 18.5 Å². The first-order chi connectivity index (χ1) is 21.4. The van der Waals surface area contributed by atoms with Gasteiger partial charge in [0.2, 0.25) is 11.7 Å². The Morgan fingerprint density at radius 2 is 1.80 bits per heavy atom. The van der Waals surface area contributed by atoms with E-state index < -0.39 is 5.79 Å². The Hall–Kier alpha value is -3.31. The Morgan fingerprint density at radius 1 is 1.00 bits per heavy atom. The van der Waals surface area contributed by atoms with Gasteiger partial charge in [-0.3, -0.25) is 9.69 Å². The summed E-state index contributed by atoms with van der Waals surface area (Å²) in [5.74, 6) is -0.429. The summed E-state index contributed by atoms with van der Waals surface area (Å²) in [5, 5.41) is 4.43. The molecule has 2 atom stereocenters. The van der Waals surface area contributed by atoms with Crippen molar-refractivity contribution in [2.24, 2.45) is 0 Å². The molecule has 1 aromatic heterocycles. The standard InChI is InChI=1S/C32H32Cl3N5O4/c33-23-5-10-27(29(35)17-23)32(21-39-12-11-36-22-39)43-20-26(44-32)19-42-25-8-6-24(7-9-25)40-15-13-38(14-16-40)18-31(41)37-30-4-2-1-3-28(30)34/h1-12,17,22,26H,13-16,18-21H2,(H,37,41). The van der Waals surface area contributed by atoms with Crippen molar-refractivity contribution in [3.05, 3.63) is 106 Å². The smallest absolute Gasteiger partial charge is 0.238 e. The normalized spacial score (nSPS) is 20.5. The van der Waals surface area contributed by atoms with E-state index in [-0.39, 0.29) is 12.0 Å². The number of halogens is 3. The monoisotopic (exact) mass is 655 g/mol. The van der Waals surface area contributed by atoms with Gasteiger partial charge in [0.25, 0.3) is 0 Å². The molecule has 2 saturated heterocycles. The SMILES string of the molecule is O=C(CN1CCN(c2ccc(OCC3COC(Cn4ccnc4)(c4ccc(Cl)cc4Cl)O3)cc2)CC1)Nc1ccccc1Cl. The zero-order chi connectivity index (χ0) is 30.5. The maximum atomic E-state index is 12.5. The minimum absolute atomic E-state index is 0.0695. The third kappa shape index (κ3) is 7.31. The molecule has 2 fully saturated rings. The fourth-order valence-electron chi connectivity index (χ4n) is 5.44. The number of nitrogens with one attached hydrogen (secondary N) is 1. The van der Waals surface area contributed by atoms with E-state index in [0.717, 1.165) is 37.6 Å². The summed E-state index contributed by atoms with van der Waals surface area (Å²) in [6.07, 6.45) is 4.96. The molecule has 3 aromatic carbocycles. The average molecular weight is 657 g/mol. The first kappa shape index (κ1) is 30.7. The first-order valence-corrected chi connectivity index (χ1v) is 15.5. The molecule has 9 nitrogen and oxygen atoms in total. The Morgan fingerprint density at radius 3 is 2.52 bits per heavy atom. The Labute approximate surface area is 271 Å². The lowest BCUT2D eigenvalue weighted by atomic mass is 10.1. The lowest BCUT2D eigenvalue weighted by molar-refractivity contribution is -0.189. The van der Waals surface area contributed by atoms with Crippen LogP contribution < -0.4 is 15.0 Å². The van der Waals surface area contributed by atoms with Gasteiger partial charge in [-0.2, -0.15) is 0 Å². The van der Waals surface area contributed by atoms with Crippen LogP contribution in [-0.4, -0.2) is 72.4 Å². The number of para-hydroxylation sites is 1. The van der Waals surface area contributed by atoms with Crippen LogP contribution in [0.15, 0.2) is 85.5 Å². The second kappa shape index (κ2) is 13.8. The average Bonchev–Trinajstić information content (AvgIpc) is 3.68. The molecular weight excluding hydrogens is 625 g/mol. The number of imidazole rings is 1. The maximum absolute atomic E-state index is 12.5. The lowest BCUT2D eigenvalue weighted by Gasteiger charge is -2.35. The van der Waals surface area contributed by atoms with Gasteiger partial charge < -0.3 is 29.0 Å². The summed E-state index contributed by atoms with van der Waals surface area (Å²) >= 11 is 18.9. The molecular formula is C32H32Cl3N5O4. The van der Waals surface area contributed by atoms with Gasteiger partial charge in [0.05, 0.1) is 41.8 Å². The summed E-state index contributed by atoms with van der Waals surface area (Å²) in [6, 6.07) is 20.6. The minimum atomic E-state index is -1.10. The van der Waals surface area contributed by atoms with Gasteiger partial charge >= 0.3 is 0 Å². The molecule has 0 bridgehead atoms. The van der Waals surface area contributed by atoms with E-state index in [1.165, 1.54) is 0 Å². The Bertz CT molecular complexity index is 1560. The highest BCUT2D eigenvalue weighted by atomic mass is 35.5. The van der Waals surface area contributed by atoms with E-state index in [0.29, 0.717) is 52.6 Å². The summed E-state index contributed by atoms with van der Waals surface area (Å²) < 4.78 is 20.7. The van der Waals surface area contributed by atoms with Crippen LogP contribution in [0, 0.1) is 0 Å². The van der Waals surface area contributed by atoms with Gasteiger partial charge in [0.15, 0.2) is 0 Å². The number of carbonyl (C=O) groups is 1. The van der Waals surface area contributed by atoms with Crippen LogP contribution in [0.5, 0.6) is 5.75 Å². The molecule has 230 valence electrons. The molecule has 0 spiro atoms. The second-order valence-electron chi connectivity index (χ2n) is 10.8. The van der Waals surface area contributed by atoms with E-state index in [4.69, 9.17) is 49.0 Å². The minimum Gasteiger partial charge on any atom is -0.491 e. The lowest BCUT2D eigenvalue weighted by Crippen LogP contribution is -2.48. The molecule has 1 N–H and O–H groups in total. The predicted molar refractivity (Wildman–Crippen MR) is 172 cm³/mol. The van der Waals surface area contributed by atoms with Crippen LogP contribution in [0.1, 0.15) is 5.56 Å². The number of piperazine rings is 1. The third-order valence-electron chi connectivity index (χ3n) is 7.68. The van der Waals surface area contributed by atoms with Crippen molar-refractivity contribution >= 4 is 52.1 Å². The number of ether oxygens (including phenoxy) is 3. The number of rotatable bonds is 10. The number of carbonyl (C=O) groups excluding carboxylic acids is 1. The summed E-state index contributed by atoms with van der Waals surface area (Å²) in [7, 11) is 0. The van der Waals surface area contributed by atoms with Crippen molar-refractivity contribution in [1.29, 1.82) is 0 Å². The molecule has 2 aliphatic rings. The van der Waals surface area contributed by atoms with Gasteiger partial charge in [-0.05, 0) is 48.5 Å². The summed E-state index contributed by atoms with van der Waals surface area (Å²) in [6.45, 7) is 4.55. The molecule has 2 unspecified atom stereocenters. The first-order valence-electron chi connectivity index (χ1n) is 14.3. The molecule has 0 aliphatic carbocycles. The van der Waals surface area contributed by atoms with E-state index in [1.807, 2.05) is 41.1 Å². The zero-order valence-corrected chi connectivity index (χ0v) is 26.1. The summed E-state index contributed by atoms with van der Waals surface area (Å²) in [4.78, 5) is 21.1. The van der Waals surface area contributed by atoms with Crippen molar-refractivity contribution < 1.29 is 19.0 Å². The highest BCUT2D eigenvalue weighted by Gasteiger charge is 2.45. The molecule has 44 heavy (non-hydrogen) atoms. The van der Waals surface area contributed by atoms with E-state index in [1.54, 1.807) is 36.8 Å². The number of nitrogens with zero attached hydrogens (tertiary/aromatic N) is 4. The highest BCUT2D eigenvalue weighted by molar-refractivity contribution is 6.35. The van der Waals surface area contributed by atoms with Gasteiger partial charge in [-0.15, -0.1) is 0 Å². The number of hydrogen-bond acceptors (Lipinski definition) is 7.